The fourth-order valence-corrected chi connectivity index (χ4v) is 4.79. The maximum absolute atomic E-state index is 13.0. The highest BCUT2D eigenvalue weighted by molar-refractivity contribution is 7.92. The van der Waals surface area contributed by atoms with Gasteiger partial charge in [0.2, 0.25) is 11.8 Å². The molecule has 0 fully saturated rings. The second-order valence-corrected chi connectivity index (χ2v) is 10.4. The van der Waals surface area contributed by atoms with Gasteiger partial charge in [-0.15, -0.1) is 10.2 Å². The van der Waals surface area contributed by atoms with Crippen LogP contribution in [-0.2, 0) is 23.3 Å². The van der Waals surface area contributed by atoms with Crippen LogP contribution in [0.1, 0.15) is 62.3 Å². The standard InChI is InChI=1S/C26H35N5O3S/c1-6-11-18(3)28-23(32)20-14-21(16-22(15-20)31(7-2)35(5)33)24-29-30-25(34-24)26(4,27)17-19-12-9-8-10-13-19/h8-10,12-16,18,33H,6-7,11,17,27H2,1-5H3/p+1/t18-,26+,35?/m0/s1. The Bertz CT molecular complexity index is 1120. The smallest absolute Gasteiger partial charge is 0.261 e. The molecule has 1 aromatic heterocycles. The monoisotopic (exact) mass is 498 g/mol. The zero-order chi connectivity index (χ0) is 25.6. The molecule has 35 heavy (non-hydrogen) atoms. The van der Waals surface area contributed by atoms with Gasteiger partial charge < -0.3 is 15.5 Å². The molecule has 1 amide bonds. The van der Waals surface area contributed by atoms with Gasteiger partial charge in [-0.1, -0.05) is 43.7 Å². The summed E-state index contributed by atoms with van der Waals surface area (Å²) in [4.78, 5) is 13.0. The van der Waals surface area contributed by atoms with Gasteiger partial charge in [-0.3, -0.25) is 4.79 Å². The first-order valence-corrected chi connectivity index (χ1v) is 13.4. The first kappa shape index (κ1) is 26.7. The highest BCUT2D eigenvalue weighted by Crippen LogP contribution is 2.30. The Morgan fingerprint density at radius 2 is 1.94 bits per heavy atom. The van der Waals surface area contributed by atoms with E-state index < -0.39 is 16.9 Å². The maximum atomic E-state index is 13.0. The van der Waals surface area contributed by atoms with E-state index in [2.05, 4.69) is 22.4 Å². The van der Waals surface area contributed by atoms with Crippen LogP contribution in [0.4, 0.5) is 5.69 Å². The van der Waals surface area contributed by atoms with Gasteiger partial charge in [-0.25, -0.2) is 0 Å². The number of nitrogens with zero attached hydrogens (tertiary/aromatic N) is 3. The van der Waals surface area contributed by atoms with Crippen LogP contribution in [0.15, 0.2) is 52.9 Å². The molecule has 4 N–H and O–H groups in total. The molecule has 0 spiro atoms. The molecule has 0 aliphatic carbocycles. The van der Waals surface area contributed by atoms with Crippen molar-refractivity contribution < 1.29 is 13.8 Å². The molecule has 0 saturated heterocycles. The van der Waals surface area contributed by atoms with E-state index >= 15 is 0 Å². The summed E-state index contributed by atoms with van der Waals surface area (Å²) in [5, 5.41) is 11.5. The Hall–Kier alpha value is -2.88. The second kappa shape index (κ2) is 11.7. The van der Waals surface area contributed by atoms with Gasteiger partial charge in [0.05, 0.1) is 17.8 Å². The predicted molar refractivity (Wildman–Crippen MR) is 142 cm³/mol. The summed E-state index contributed by atoms with van der Waals surface area (Å²) >= 11 is -1.02. The van der Waals surface area contributed by atoms with Crippen molar-refractivity contribution in [3.8, 4) is 11.5 Å². The molecule has 1 unspecified atom stereocenters. The van der Waals surface area contributed by atoms with Crippen molar-refractivity contribution in [1.82, 2.24) is 15.5 Å². The third-order valence-electron chi connectivity index (χ3n) is 5.75. The molecule has 3 atom stereocenters. The lowest BCUT2D eigenvalue weighted by molar-refractivity contribution is 0.0938. The van der Waals surface area contributed by atoms with Crippen LogP contribution < -0.4 is 15.4 Å². The number of anilines is 1. The van der Waals surface area contributed by atoms with Crippen LogP contribution in [0, 0.1) is 0 Å². The van der Waals surface area contributed by atoms with Crippen LogP contribution in [0.3, 0.4) is 0 Å². The Kier molecular flexibility index (Phi) is 8.93. The summed E-state index contributed by atoms with van der Waals surface area (Å²) < 4.78 is 18.2. The zero-order valence-electron chi connectivity index (χ0n) is 21.1. The number of rotatable bonds is 11. The molecule has 0 aliphatic heterocycles. The van der Waals surface area contributed by atoms with Gasteiger partial charge in [0.1, 0.15) is 0 Å². The Morgan fingerprint density at radius 3 is 2.57 bits per heavy atom. The molecule has 3 aromatic rings. The first-order valence-electron chi connectivity index (χ1n) is 11.9. The van der Waals surface area contributed by atoms with Crippen molar-refractivity contribution >= 4 is 23.0 Å². The van der Waals surface area contributed by atoms with Crippen LogP contribution in [0.5, 0.6) is 0 Å². The second-order valence-electron chi connectivity index (χ2n) is 9.07. The lowest BCUT2D eigenvalue weighted by Gasteiger charge is -2.20. The van der Waals surface area contributed by atoms with Gasteiger partial charge in [-0.05, 0) is 57.4 Å². The van der Waals surface area contributed by atoms with E-state index in [4.69, 9.17) is 10.2 Å². The summed E-state index contributed by atoms with van der Waals surface area (Å²) in [6, 6.07) is 15.3. The topological polar surface area (TPSA) is 118 Å². The molecule has 9 heteroatoms. The molecule has 3 rings (SSSR count). The van der Waals surface area contributed by atoms with E-state index in [0.717, 1.165) is 18.4 Å². The minimum absolute atomic E-state index is 0.0477. The lowest BCUT2D eigenvalue weighted by Crippen LogP contribution is -2.35. The number of aromatic nitrogens is 2. The molecular weight excluding hydrogens is 462 g/mol. The molecule has 0 bridgehead atoms. The Morgan fingerprint density at radius 1 is 1.23 bits per heavy atom. The van der Waals surface area contributed by atoms with Crippen LogP contribution in [0.2, 0.25) is 0 Å². The van der Waals surface area contributed by atoms with Gasteiger partial charge in [0.15, 0.2) is 6.26 Å². The number of hydrogen-bond acceptors (Lipinski definition) is 7. The van der Waals surface area contributed by atoms with E-state index in [0.29, 0.717) is 35.7 Å². The average molecular weight is 499 g/mol. The van der Waals surface area contributed by atoms with Crippen molar-refractivity contribution in [2.75, 3.05) is 17.1 Å². The van der Waals surface area contributed by atoms with Crippen LogP contribution in [-0.4, -0.2) is 39.5 Å². The number of benzene rings is 2. The van der Waals surface area contributed by atoms with E-state index in [1.54, 1.807) is 18.4 Å². The van der Waals surface area contributed by atoms with Crippen molar-refractivity contribution in [3.05, 3.63) is 65.5 Å². The van der Waals surface area contributed by atoms with Gasteiger partial charge in [0.25, 0.3) is 17.3 Å². The van der Waals surface area contributed by atoms with E-state index in [9.17, 15) is 9.35 Å². The number of carbonyl (C=O) groups is 1. The first-order chi connectivity index (χ1) is 16.6. The van der Waals surface area contributed by atoms with E-state index in [1.807, 2.05) is 61.5 Å². The van der Waals surface area contributed by atoms with Gasteiger partial charge >= 0.3 is 0 Å². The third kappa shape index (κ3) is 6.84. The van der Waals surface area contributed by atoms with E-state index in [1.165, 1.54) is 0 Å². The molecule has 8 nitrogen and oxygen atoms in total. The summed E-state index contributed by atoms with van der Waals surface area (Å²) in [7, 11) is 0. The average Bonchev–Trinajstić information content (AvgIpc) is 3.31. The van der Waals surface area contributed by atoms with Gasteiger partial charge in [-0.2, -0.15) is 8.86 Å². The van der Waals surface area contributed by atoms with Gasteiger partial charge in [0, 0.05) is 17.2 Å². The quantitative estimate of drug-likeness (QED) is 0.332. The number of carbonyl (C=O) groups excluding carboxylic acids is 1. The molecule has 2 aromatic carbocycles. The fraction of sp³-hybridized carbons (Fsp3) is 0.423. The SMILES string of the molecule is CCC[C@H](C)NC(=O)c1cc(-c2nnc([C@](C)(N)Cc3ccccc3)o2)cc(N(CC)[S+](C)O)c1. The van der Waals surface area contributed by atoms with Crippen molar-refractivity contribution in [2.24, 2.45) is 5.73 Å². The Balaban J connectivity index is 1.97. The summed E-state index contributed by atoms with van der Waals surface area (Å²) in [6.07, 6.45) is 4.11. The lowest BCUT2D eigenvalue weighted by atomic mass is 9.94. The zero-order valence-corrected chi connectivity index (χ0v) is 21.9. The maximum Gasteiger partial charge on any atom is 0.261 e. The van der Waals surface area contributed by atoms with E-state index in [-0.39, 0.29) is 17.8 Å². The van der Waals surface area contributed by atoms with Crippen LogP contribution >= 0.6 is 0 Å². The van der Waals surface area contributed by atoms with Crippen molar-refractivity contribution in [3.63, 3.8) is 0 Å². The molecule has 0 aliphatic rings. The minimum Gasteiger partial charge on any atom is -0.419 e. The predicted octanol–water partition coefficient (Wildman–Crippen LogP) is 4.53. The number of nitrogens with two attached hydrogens (primary N) is 1. The Labute approximate surface area is 210 Å². The summed E-state index contributed by atoms with van der Waals surface area (Å²) in [5.41, 5.74) is 8.52. The molecule has 0 saturated carbocycles. The van der Waals surface area contributed by atoms with Crippen LogP contribution in [0.25, 0.3) is 11.5 Å². The van der Waals surface area contributed by atoms with Crippen molar-refractivity contribution in [1.29, 1.82) is 0 Å². The highest BCUT2D eigenvalue weighted by atomic mass is 32.2. The number of hydrogen-bond donors (Lipinski definition) is 3. The number of nitrogens with one attached hydrogen (secondary N) is 1. The normalized spacial score (nSPS) is 14.7. The van der Waals surface area contributed by atoms with Crippen molar-refractivity contribution in [2.45, 2.75) is 58.5 Å². The minimum atomic E-state index is -1.02. The third-order valence-corrected chi connectivity index (χ3v) is 6.85. The number of amides is 1. The molecule has 1 heterocycles. The molecule has 0 radical (unpaired) electrons. The fourth-order valence-electron chi connectivity index (χ4n) is 4.01. The highest BCUT2D eigenvalue weighted by Gasteiger charge is 2.30. The summed E-state index contributed by atoms with van der Waals surface area (Å²) in [6.45, 7) is 8.44. The molecular formula is C26H36N5O3S+. The molecule has 188 valence electrons. The summed E-state index contributed by atoms with van der Waals surface area (Å²) in [5.74, 6) is 0.396. The largest absolute Gasteiger partial charge is 0.419 e.